The van der Waals surface area contributed by atoms with Crippen molar-refractivity contribution in [1.29, 1.82) is 0 Å². The number of carbonyl (C=O) groups is 1. The third-order valence-electron chi connectivity index (χ3n) is 3.42. The normalized spacial score (nSPS) is 13.5. The van der Waals surface area contributed by atoms with Crippen LogP contribution in [0.25, 0.3) is 0 Å². The molecule has 3 rings (SSSR count). The highest BCUT2D eigenvalue weighted by Crippen LogP contribution is 2.30. The van der Waals surface area contributed by atoms with E-state index in [4.69, 9.17) is 9.47 Å². The highest BCUT2D eigenvalue weighted by atomic mass is 32.2. The molecule has 2 aromatic rings. The second-order valence-electron chi connectivity index (χ2n) is 5.19. The smallest absolute Gasteiger partial charge is 0.250 e. The van der Waals surface area contributed by atoms with Gasteiger partial charge in [0.25, 0.3) is 0 Å². The number of benzene rings is 2. The highest BCUT2D eigenvalue weighted by molar-refractivity contribution is 8.00. The van der Waals surface area contributed by atoms with Gasteiger partial charge in [-0.3, -0.25) is 4.79 Å². The molecule has 0 radical (unpaired) electrons. The van der Waals surface area contributed by atoms with E-state index in [-0.39, 0.29) is 5.91 Å². The average Bonchev–Trinajstić information content (AvgIpc) is 2.65. The highest BCUT2D eigenvalue weighted by Gasteiger charge is 2.12. The molecule has 5 nitrogen and oxygen atoms in total. The maximum atomic E-state index is 11.9. The van der Waals surface area contributed by atoms with Gasteiger partial charge in [0.15, 0.2) is 11.5 Å². The van der Waals surface area contributed by atoms with E-state index in [1.165, 1.54) is 11.8 Å². The monoisotopic (exact) mass is 342 g/mol. The Labute approximate surface area is 145 Å². The summed E-state index contributed by atoms with van der Waals surface area (Å²) >= 11 is 1.48. The van der Waals surface area contributed by atoms with Crippen molar-refractivity contribution in [2.24, 2.45) is 5.10 Å². The predicted octanol–water partition coefficient (Wildman–Crippen LogP) is 3.09. The number of ether oxygens (including phenoxy) is 2. The van der Waals surface area contributed by atoms with Gasteiger partial charge in [-0.15, -0.1) is 11.8 Å². The molecule has 0 atom stereocenters. The molecule has 0 aromatic heterocycles. The average molecular weight is 342 g/mol. The Morgan fingerprint density at radius 1 is 1.12 bits per heavy atom. The van der Waals surface area contributed by atoms with Gasteiger partial charge in [-0.25, -0.2) is 5.43 Å². The van der Waals surface area contributed by atoms with Gasteiger partial charge in [-0.1, -0.05) is 18.2 Å². The van der Waals surface area contributed by atoms with Gasteiger partial charge in [0.2, 0.25) is 5.91 Å². The Balaban J connectivity index is 1.56. The van der Waals surface area contributed by atoms with Gasteiger partial charge < -0.3 is 9.47 Å². The molecule has 124 valence electrons. The minimum atomic E-state index is -0.138. The number of nitrogens with zero attached hydrogens (tertiary/aromatic N) is 1. The van der Waals surface area contributed by atoms with Crippen LogP contribution in [0.4, 0.5) is 0 Å². The third-order valence-corrected chi connectivity index (χ3v) is 4.43. The molecule has 0 aliphatic carbocycles. The first-order chi connectivity index (χ1) is 11.7. The second kappa shape index (κ2) is 7.88. The quantitative estimate of drug-likeness (QED) is 0.515. The number of thioether (sulfide) groups is 1. The van der Waals surface area contributed by atoms with E-state index in [1.54, 1.807) is 0 Å². The number of hydrazone groups is 1. The van der Waals surface area contributed by atoms with Crippen LogP contribution < -0.4 is 14.9 Å². The molecule has 0 fully saturated rings. The van der Waals surface area contributed by atoms with Crippen LogP contribution in [0, 0.1) is 0 Å². The molecular weight excluding hydrogens is 324 g/mol. The van der Waals surface area contributed by atoms with E-state index in [0.717, 1.165) is 16.2 Å². The van der Waals surface area contributed by atoms with Gasteiger partial charge >= 0.3 is 0 Å². The number of amides is 1. The molecule has 1 heterocycles. The number of hydrogen-bond donors (Lipinski definition) is 1. The topological polar surface area (TPSA) is 59.9 Å². The molecule has 0 saturated heterocycles. The van der Waals surface area contributed by atoms with Gasteiger partial charge in [-0.2, -0.15) is 5.10 Å². The zero-order chi connectivity index (χ0) is 16.8. The van der Waals surface area contributed by atoms with Gasteiger partial charge in [0.05, 0.1) is 11.5 Å². The number of fused-ring (bicyclic) bond motifs is 1. The lowest BCUT2D eigenvalue weighted by atomic mass is 10.1. The second-order valence-corrected chi connectivity index (χ2v) is 6.24. The summed E-state index contributed by atoms with van der Waals surface area (Å²) in [4.78, 5) is 13.0. The van der Waals surface area contributed by atoms with Gasteiger partial charge in [0.1, 0.15) is 13.2 Å². The summed E-state index contributed by atoms with van der Waals surface area (Å²) < 4.78 is 11.0. The van der Waals surface area contributed by atoms with Crippen LogP contribution in [0.3, 0.4) is 0 Å². The number of hydrogen-bond acceptors (Lipinski definition) is 5. The van der Waals surface area contributed by atoms with Crippen molar-refractivity contribution in [3.05, 3.63) is 54.1 Å². The van der Waals surface area contributed by atoms with Crippen molar-refractivity contribution in [3.63, 3.8) is 0 Å². The molecule has 1 aliphatic heterocycles. The fraction of sp³-hybridized carbons (Fsp3) is 0.222. The molecule has 0 saturated carbocycles. The fourth-order valence-electron chi connectivity index (χ4n) is 2.18. The van der Waals surface area contributed by atoms with E-state index in [1.807, 2.05) is 55.5 Å². The van der Waals surface area contributed by atoms with Crippen molar-refractivity contribution < 1.29 is 14.3 Å². The van der Waals surface area contributed by atoms with Crippen LogP contribution in [0.2, 0.25) is 0 Å². The lowest BCUT2D eigenvalue weighted by Crippen LogP contribution is -2.21. The SMILES string of the molecule is C/C(=N/NC(=O)CSc1ccccc1)c1ccc2c(c1)OCCO2. The lowest BCUT2D eigenvalue weighted by Gasteiger charge is -2.18. The standard InChI is InChI=1S/C18H18N2O3S/c1-13(14-7-8-16-17(11-14)23-10-9-22-16)19-20-18(21)12-24-15-5-3-2-4-6-15/h2-8,11H,9-10,12H2,1H3,(H,20,21)/b19-13-. The lowest BCUT2D eigenvalue weighted by molar-refractivity contribution is -0.118. The zero-order valence-electron chi connectivity index (χ0n) is 13.3. The summed E-state index contributed by atoms with van der Waals surface area (Å²) in [6, 6.07) is 15.4. The molecular formula is C18H18N2O3S. The summed E-state index contributed by atoms with van der Waals surface area (Å²) in [5.74, 6) is 1.63. The van der Waals surface area contributed by atoms with Crippen molar-refractivity contribution in [3.8, 4) is 11.5 Å². The molecule has 0 bridgehead atoms. The van der Waals surface area contributed by atoms with Crippen molar-refractivity contribution in [2.75, 3.05) is 19.0 Å². The molecule has 1 amide bonds. The molecule has 1 N–H and O–H groups in total. The molecule has 6 heteroatoms. The third kappa shape index (κ3) is 4.29. The minimum Gasteiger partial charge on any atom is -0.486 e. The first-order valence-electron chi connectivity index (χ1n) is 7.63. The van der Waals surface area contributed by atoms with Crippen LogP contribution in [0.1, 0.15) is 12.5 Å². The summed E-state index contributed by atoms with van der Waals surface area (Å²) in [6.45, 7) is 2.95. The molecule has 0 spiro atoms. The summed E-state index contributed by atoms with van der Waals surface area (Å²) in [7, 11) is 0. The maximum Gasteiger partial charge on any atom is 0.250 e. The van der Waals surface area contributed by atoms with Crippen LogP contribution in [-0.4, -0.2) is 30.6 Å². The van der Waals surface area contributed by atoms with E-state index in [0.29, 0.717) is 30.4 Å². The molecule has 2 aromatic carbocycles. The Hall–Kier alpha value is -2.47. The van der Waals surface area contributed by atoms with Crippen molar-refractivity contribution >= 4 is 23.4 Å². The predicted molar refractivity (Wildman–Crippen MR) is 95.0 cm³/mol. The Morgan fingerprint density at radius 2 is 1.88 bits per heavy atom. The van der Waals surface area contributed by atoms with Gasteiger partial charge in [0, 0.05) is 10.5 Å². The van der Waals surface area contributed by atoms with Crippen molar-refractivity contribution in [2.45, 2.75) is 11.8 Å². The number of carbonyl (C=O) groups excluding carboxylic acids is 1. The van der Waals surface area contributed by atoms with E-state index < -0.39 is 0 Å². The first-order valence-corrected chi connectivity index (χ1v) is 8.62. The van der Waals surface area contributed by atoms with E-state index in [9.17, 15) is 4.79 Å². The summed E-state index contributed by atoms with van der Waals surface area (Å²) in [5, 5.41) is 4.16. The van der Waals surface area contributed by atoms with E-state index >= 15 is 0 Å². The maximum absolute atomic E-state index is 11.9. The van der Waals surface area contributed by atoms with E-state index in [2.05, 4.69) is 10.5 Å². The minimum absolute atomic E-state index is 0.138. The summed E-state index contributed by atoms with van der Waals surface area (Å²) in [6.07, 6.45) is 0. The fourth-order valence-corrected chi connectivity index (χ4v) is 2.89. The Kier molecular flexibility index (Phi) is 5.38. The van der Waals surface area contributed by atoms with Crippen LogP contribution in [0.5, 0.6) is 11.5 Å². The zero-order valence-corrected chi connectivity index (χ0v) is 14.1. The van der Waals surface area contributed by atoms with Crippen molar-refractivity contribution in [1.82, 2.24) is 5.43 Å². The van der Waals surface area contributed by atoms with Crippen LogP contribution >= 0.6 is 11.8 Å². The number of nitrogens with one attached hydrogen (secondary N) is 1. The Morgan fingerprint density at radius 3 is 2.67 bits per heavy atom. The van der Waals surface area contributed by atoms with Gasteiger partial charge in [-0.05, 0) is 37.3 Å². The molecule has 24 heavy (non-hydrogen) atoms. The van der Waals surface area contributed by atoms with Crippen LogP contribution in [0.15, 0.2) is 58.5 Å². The number of rotatable bonds is 5. The molecule has 0 unspecified atom stereocenters. The summed E-state index contributed by atoms with van der Waals surface area (Å²) in [5.41, 5.74) is 4.18. The van der Waals surface area contributed by atoms with Crippen LogP contribution in [-0.2, 0) is 4.79 Å². The first kappa shape index (κ1) is 16.4. The Bertz CT molecular complexity index is 747. The molecule has 1 aliphatic rings. The largest absolute Gasteiger partial charge is 0.486 e.